The maximum Gasteiger partial charge on any atom is 0.225 e. The molecule has 1 unspecified atom stereocenters. The van der Waals surface area contributed by atoms with Gasteiger partial charge in [0.1, 0.15) is 0 Å². The van der Waals surface area contributed by atoms with Crippen LogP contribution in [0.3, 0.4) is 0 Å². The van der Waals surface area contributed by atoms with Gasteiger partial charge >= 0.3 is 0 Å². The second-order valence-electron chi connectivity index (χ2n) is 7.65. The van der Waals surface area contributed by atoms with Gasteiger partial charge in [0.05, 0.1) is 12.5 Å². The number of carbonyl (C=O) groups excluding carboxylic acids is 2. The molecular formula is C19H25F2N3O3. The third-order valence-electron chi connectivity index (χ3n) is 5.62. The minimum atomic E-state index is -0.916. The van der Waals surface area contributed by atoms with Gasteiger partial charge in [0.15, 0.2) is 11.6 Å². The van der Waals surface area contributed by atoms with E-state index in [1.807, 2.05) is 0 Å². The van der Waals surface area contributed by atoms with Crippen LogP contribution in [0, 0.1) is 17.0 Å². The smallest absolute Gasteiger partial charge is 0.225 e. The quantitative estimate of drug-likeness (QED) is 0.797. The van der Waals surface area contributed by atoms with Gasteiger partial charge < -0.3 is 20.6 Å². The second-order valence-corrected chi connectivity index (χ2v) is 7.65. The lowest BCUT2D eigenvalue weighted by atomic mass is 9.77. The van der Waals surface area contributed by atoms with Crippen molar-refractivity contribution in [3.63, 3.8) is 0 Å². The Kier molecular flexibility index (Phi) is 5.76. The first-order valence-corrected chi connectivity index (χ1v) is 9.19. The van der Waals surface area contributed by atoms with Crippen LogP contribution in [0.4, 0.5) is 8.78 Å². The summed E-state index contributed by atoms with van der Waals surface area (Å²) in [6.45, 7) is 1.95. The minimum absolute atomic E-state index is 0.00179. The van der Waals surface area contributed by atoms with Crippen LogP contribution in [-0.2, 0) is 16.1 Å². The van der Waals surface area contributed by atoms with Crippen LogP contribution < -0.4 is 5.73 Å². The normalized spacial score (nSPS) is 20.4. The van der Waals surface area contributed by atoms with Crippen molar-refractivity contribution in [3.8, 4) is 0 Å². The molecule has 1 aromatic carbocycles. The monoisotopic (exact) mass is 381 g/mol. The molecule has 0 radical (unpaired) electrons. The number of piperidine rings is 1. The summed E-state index contributed by atoms with van der Waals surface area (Å²) in [5.41, 5.74) is 5.72. The van der Waals surface area contributed by atoms with Gasteiger partial charge in [-0.1, -0.05) is 6.07 Å². The zero-order chi connectivity index (χ0) is 19.6. The summed E-state index contributed by atoms with van der Waals surface area (Å²) < 4.78 is 26.5. The van der Waals surface area contributed by atoms with E-state index < -0.39 is 17.7 Å². The van der Waals surface area contributed by atoms with Gasteiger partial charge in [-0.25, -0.2) is 8.78 Å². The molecule has 2 saturated heterocycles. The maximum absolute atomic E-state index is 13.4. The van der Waals surface area contributed by atoms with Crippen molar-refractivity contribution in [3.05, 3.63) is 35.4 Å². The van der Waals surface area contributed by atoms with Crippen molar-refractivity contribution in [2.24, 2.45) is 11.1 Å². The van der Waals surface area contributed by atoms with E-state index >= 15 is 0 Å². The SMILES string of the molecule is NCC(O)CC(=O)N1CCC2(CC1)CC(=O)N(Cc1ccc(F)c(F)c1)C2. The van der Waals surface area contributed by atoms with Gasteiger partial charge in [-0.3, -0.25) is 9.59 Å². The number of halogens is 2. The van der Waals surface area contributed by atoms with Crippen LogP contribution in [0.2, 0.25) is 0 Å². The standard InChI is InChI=1S/C19H25F2N3O3/c20-15-2-1-13(7-16(15)21)11-24-12-19(9-18(24)27)3-5-23(6-4-19)17(26)8-14(25)10-22/h1-2,7,14,25H,3-6,8-12,22H2. The molecule has 2 aliphatic rings. The minimum Gasteiger partial charge on any atom is -0.391 e. The number of amides is 2. The van der Waals surface area contributed by atoms with Crippen molar-refractivity contribution < 1.29 is 23.5 Å². The lowest BCUT2D eigenvalue weighted by Gasteiger charge is -2.39. The number of nitrogens with zero attached hydrogens (tertiary/aromatic N) is 2. The number of hydrogen-bond acceptors (Lipinski definition) is 4. The predicted molar refractivity (Wildman–Crippen MR) is 94.3 cm³/mol. The fourth-order valence-corrected chi connectivity index (χ4v) is 3.96. The van der Waals surface area contributed by atoms with Crippen molar-refractivity contribution in [2.45, 2.75) is 38.3 Å². The molecule has 0 saturated carbocycles. The molecule has 6 nitrogen and oxygen atoms in total. The van der Waals surface area contributed by atoms with Crippen LogP contribution in [0.15, 0.2) is 18.2 Å². The molecular weight excluding hydrogens is 356 g/mol. The van der Waals surface area contributed by atoms with E-state index in [0.29, 0.717) is 44.5 Å². The molecule has 0 aromatic heterocycles. The summed E-state index contributed by atoms with van der Waals surface area (Å²) >= 11 is 0. The number of rotatable bonds is 5. The van der Waals surface area contributed by atoms with Gasteiger partial charge in [0, 0.05) is 44.6 Å². The lowest BCUT2D eigenvalue weighted by Crippen LogP contribution is -2.45. The Balaban J connectivity index is 1.57. The zero-order valence-corrected chi connectivity index (χ0v) is 15.2. The molecule has 3 N–H and O–H groups in total. The van der Waals surface area contributed by atoms with Crippen LogP contribution in [0.25, 0.3) is 0 Å². The second kappa shape index (κ2) is 7.90. The highest BCUT2D eigenvalue weighted by atomic mass is 19.2. The van der Waals surface area contributed by atoms with Crippen LogP contribution in [0.5, 0.6) is 0 Å². The van der Waals surface area contributed by atoms with Crippen molar-refractivity contribution in [1.29, 1.82) is 0 Å². The molecule has 1 spiro atoms. The van der Waals surface area contributed by atoms with E-state index in [9.17, 15) is 23.5 Å². The van der Waals surface area contributed by atoms with Crippen LogP contribution in [-0.4, -0.2) is 59.0 Å². The fourth-order valence-electron chi connectivity index (χ4n) is 3.96. The summed E-state index contributed by atoms with van der Waals surface area (Å²) in [5, 5.41) is 9.54. The number of aliphatic hydroxyl groups excluding tert-OH is 1. The molecule has 2 aliphatic heterocycles. The molecule has 2 heterocycles. The van der Waals surface area contributed by atoms with Gasteiger partial charge in [-0.15, -0.1) is 0 Å². The lowest BCUT2D eigenvalue weighted by molar-refractivity contribution is -0.135. The molecule has 148 valence electrons. The Morgan fingerprint density at radius 2 is 1.96 bits per heavy atom. The molecule has 3 rings (SSSR count). The van der Waals surface area contributed by atoms with Crippen LogP contribution in [0.1, 0.15) is 31.2 Å². The summed E-state index contributed by atoms with van der Waals surface area (Å²) in [6, 6.07) is 3.68. The molecule has 1 atom stereocenters. The van der Waals surface area contributed by atoms with E-state index in [2.05, 4.69) is 0 Å². The van der Waals surface area contributed by atoms with Crippen LogP contribution >= 0.6 is 0 Å². The molecule has 0 bridgehead atoms. The van der Waals surface area contributed by atoms with E-state index in [1.54, 1.807) is 9.80 Å². The van der Waals surface area contributed by atoms with E-state index in [4.69, 9.17) is 5.73 Å². The maximum atomic E-state index is 13.4. The summed E-state index contributed by atoms with van der Waals surface area (Å²) in [4.78, 5) is 28.0. The molecule has 0 aliphatic carbocycles. The predicted octanol–water partition coefficient (Wildman–Crippen LogP) is 1.02. The number of benzene rings is 1. The molecule has 2 amide bonds. The summed E-state index contributed by atoms with van der Waals surface area (Å²) in [6.07, 6.45) is 1.01. The highest BCUT2D eigenvalue weighted by Gasteiger charge is 2.45. The Bertz CT molecular complexity index is 720. The van der Waals surface area contributed by atoms with Gasteiger partial charge in [0.2, 0.25) is 11.8 Å². The van der Waals surface area contributed by atoms with Gasteiger partial charge in [-0.2, -0.15) is 0 Å². The first-order chi connectivity index (χ1) is 12.8. The summed E-state index contributed by atoms with van der Waals surface area (Å²) in [5.74, 6) is -1.94. The van der Waals surface area contributed by atoms with E-state index in [1.165, 1.54) is 6.07 Å². The Morgan fingerprint density at radius 3 is 2.59 bits per heavy atom. The number of aliphatic hydroxyl groups is 1. The Hall–Kier alpha value is -2.06. The van der Waals surface area contributed by atoms with Crippen molar-refractivity contribution in [1.82, 2.24) is 9.80 Å². The van der Waals surface area contributed by atoms with Gasteiger partial charge in [0.25, 0.3) is 0 Å². The number of nitrogens with two attached hydrogens (primary N) is 1. The number of likely N-dealkylation sites (tertiary alicyclic amines) is 2. The van der Waals surface area contributed by atoms with E-state index in [-0.39, 0.29) is 36.7 Å². The first-order valence-electron chi connectivity index (χ1n) is 9.19. The highest BCUT2D eigenvalue weighted by Crippen LogP contribution is 2.41. The number of hydrogen-bond donors (Lipinski definition) is 2. The average Bonchev–Trinajstić information content (AvgIpc) is 2.93. The topological polar surface area (TPSA) is 86.9 Å². The third-order valence-corrected chi connectivity index (χ3v) is 5.62. The Morgan fingerprint density at radius 1 is 1.26 bits per heavy atom. The summed E-state index contributed by atoms with van der Waals surface area (Å²) in [7, 11) is 0. The molecule has 1 aromatic rings. The third kappa shape index (κ3) is 4.44. The zero-order valence-electron chi connectivity index (χ0n) is 15.2. The van der Waals surface area contributed by atoms with Gasteiger partial charge in [-0.05, 0) is 30.5 Å². The van der Waals surface area contributed by atoms with Crippen molar-refractivity contribution in [2.75, 3.05) is 26.2 Å². The fraction of sp³-hybridized carbons (Fsp3) is 0.579. The molecule has 27 heavy (non-hydrogen) atoms. The Labute approximate surface area is 156 Å². The highest BCUT2D eigenvalue weighted by molar-refractivity contribution is 5.80. The van der Waals surface area contributed by atoms with E-state index in [0.717, 1.165) is 12.1 Å². The average molecular weight is 381 g/mol. The van der Waals surface area contributed by atoms with Crippen molar-refractivity contribution >= 4 is 11.8 Å². The molecule has 8 heteroatoms. The largest absolute Gasteiger partial charge is 0.391 e. The first kappa shape index (κ1) is 19.7. The molecule has 2 fully saturated rings. The number of carbonyl (C=O) groups is 2.